The van der Waals surface area contributed by atoms with Crippen molar-refractivity contribution < 1.29 is 0 Å². The summed E-state index contributed by atoms with van der Waals surface area (Å²) < 4.78 is 0. The molecule has 0 saturated heterocycles. The predicted molar refractivity (Wildman–Crippen MR) is 87.1 cm³/mol. The van der Waals surface area contributed by atoms with Gasteiger partial charge in [0.05, 0.1) is 0 Å². The Morgan fingerprint density at radius 1 is 0.950 bits per heavy atom. The van der Waals surface area contributed by atoms with Crippen molar-refractivity contribution in [2.24, 2.45) is 0 Å². The van der Waals surface area contributed by atoms with Gasteiger partial charge in [-0.25, -0.2) is 4.98 Å². The lowest BCUT2D eigenvalue weighted by Crippen LogP contribution is -1.92. The van der Waals surface area contributed by atoms with E-state index in [0.29, 0.717) is 5.15 Å². The van der Waals surface area contributed by atoms with Crippen molar-refractivity contribution >= 4 is 11.6 Å². The maximum Gasteiger partial charge on any atom is 0.132 e. The first kappa shape index (κ1) is 15.1. The predicted octanol–water partition coefficient (Wildman–Crippen LogP) is 5.91. The number of hydrogen-bond acceptors (Lipinski definition) is 1. The van der Waals surface area contributed by atoms with Crippen LogP contribution in [0.1, 0.15) is 44.6 Å². The van der Waals surface area contributed by atoms with Crippen LogP contribution in [-0.4, -0.2) is 4.98 Å². The number of aromatic nitrogens is 1. The van der Waals surface area contributed by atoms with Crippen molar-refractivity contribution in [3.8, 4) is 11.1 Å². The number of rotatable bonds is 7. The van der Waals surface area contributed by atoms with E-state index in [0.717, 1.165) is 12.0 Å². The molecule has 1 heterocycles. The fourth-order valence-electron chi connectivity index (χ4n) is 2.38. The fraction of sp³-hybridized carbons (Fsp3) is 0.389. The molecule has 2 aromatic rings. The number of hydrogen-bond donors (Lipinski definition) is 0. The zero-order valence-corrected chi connectivity index (χ0v) is 12.9. The molecule has 0 unspecified atom stereocenters. The van der Waals surface area contributed by atoms with Gasteiger partial charge in [0, 0.05) is 11.8 Å². The highest BCUT2D eigenvalue weighted by Crippen LogP contribution is 2.24. The third kappa shape index (κ3) is 4.35. The van der Waals surface area contributed by atoms with Crippen molar-refractivity contribution in [3.63, 3.8) is 0 Å². The van der Waals surface area contributed by atoms with Gasteiger partial charge in [-0.3, -0.25) is 0 Å². The molecule has 2 heteroatoms. The first-order valence-electron chi connectivity index (χ1n) is 7.51. The summed E-state index contributed by atoms with van der Waals surface area (Å²) in [6.45, 7) is 2.24. The summed E-state index contributed by atoms with van der Waals surface area (Å²) in [4.78, 5) is 4.34. The Bertz CT molecular complexity index is 522. The number of pyridine rings is 1. The molecule has 0 aliphatic heterocycles. The fourth-order valence-corrected chi connectivity index (χ4v) is 2.57. The first-order chi connectivity index (χ1) is 9.81. The Morgan fingerprint density at radius 3 is 2.45 bits per heavy atom. The summed E-state index contributed by atoms with van der Waals surface area (Å²) in [5, 5.41) is 0.653. The molecule has 0 radical (unpaired) electrons. The number of unbranched alkanes of at least 4 members (excludes halogenated alkanes) is 4. The third-order valence-corrected chi connectivity index (χ3v) is 3.91. The maximum absolute atomic E-state index is 6.21. The molecule has 1 nitrogen and oxygen atoms in total. The van der Waals surface area contributed by atoms with Crippen LogP contribution in [0.5, 0.6) is 0 Å². The number of nitrogens with zero attached hydrogens (tertiary/aromatic N) is 1. The van der Waals surface area contributed by atoms with Gasteiger partial charge in [-0.15, -0.1) is 0 Å². The summed E-state index contributed by atoms with van der Waals surface area (Å²) in [6, 6.07) is 12.5. The van der Waals surface area contributed by atoms with Crippen LogP contribution in [-0.2, 0) is 6.42 Å². The quantitative estimate of drug-likeness (QED) is 0.455. The Balaban J connectivity index is 2.02. The molecule has 0 aliphatic rings. The van der Waals surface area contributed by atoms with Crippen molar-refractivity contribution in [2.75, 3.05) is 0 Å². The molecular weight excluding hydrogens is 266 g/mol. The van der Waals surface area contributed by atoms with E-state index in [4.69, 9.17) is 11.6 Å². The second-order valence-electron chi connectivity index (χ2n) is 5.20. The molecule has 0 fully saturated rings. The van der Waals surface area contributed by atoms with E-state index in [-0.39, 0.29) is 0 Å². The second-order valence-corrected chi connectivity index (χ2v) is 5.56. The molecule has 1 aromatic heterocycles. The molecule has 0 N–H and O–H groups in total. The lowest BCUT2D eigenvalue weighted by atomic mass is 10.0. The van der Waals surface area contributed by atoms with E-state index < -0.39 is 0 Å². The summed E-state index contributed by atoms with van der Waals surface area (Å²) >= 11 is 6.21. The zero-order chi connectivity index (χ0) is 14.2. The summed E-state index contributed by atoms with van der Waals surface area (Å²) in [5.74, 6) is 0. The Labute approximate surface area is 127 Å². The van der Waals surface area contributed by atoms with E-state index >= 15 is 0 Å². The van der Waals surface area contributed by atoms with Crippen molar-refractivity contribution in [3.05, 3.63) is 53.3 Å². The minimum absolute atomic E-state index is 0.653. The number of benzene rings is 1. The van der Waals surface area contributed by atoms with E-state index in [1.807, 2.05) is 24.4 Å². The minimum Gasteiger partial charge on any atom is -0.244 e. The highest BCUT2D eigenvalue weighted by molar-refractivity contribution is 6.30. The Kier molecular flexibility index (Phi) is 6.07. The normalized spacial score (nSPS) is 10.7. The molecule has 0 amide bonds. The highest BCUT2D eigenvalue weighted by Gasteiger charge is 2.05. The molecule has 0 atom stereocenters. The second kappa shape index (κ2) is 8.06. The smallest absolute Gasteiger partial charge is 0.132 e. The van der Waals surface area contributed by atoms with Gasteiger partial charge in [-0.2, -0.15) is 0 Å². The minimum atomic E-state index is 0.653. The van der Waals surface area contributed by atoms with E-state index in [1.54, 1.807) is 0 Å². The van der Waals surface area contributed by atoms with E-state index in [9.17, 15) is 0 Å². The Morgan fingerprint density at radius 2 is 1.70 bits per heavy atom. The van der Waals surface area contributed by atoms with Crippen LogP contribution < -0.4 is 0 Å². The van der Waals surface area contributed by atoms with Crippen LogP contribution in [0.2, 0.25) is 5.15 Å². The van der Waals surface area contributed by atoms with Gasteiger partial charge in [-0.1, -0.05) is 74.5 Å². The van der Waals surface area contributed by atoms with Gasteiger partial charge in [0.2, 0.25) is 0 Å². The van der Waals surface area contributed by atoms with Gasteiger partial charge in [0.25, 0.3) is 0 Å². The number of halogens is 1. The first-order valence-corrected chi connectivity index (χ1v) is 7.89. The lowest BCUT2D eigenvalue weighted by molar-refractivity contribution is 0.632. The van der Waals surface area contributed by atoms with Crippen LogP contribution in [0.15, 0.2) is 42.6 Å². The molecule has 106 valence electrons. The van der Waals surface area contributed by atoms with Crippen molar-refractivity contribution in [2.45, 2.75) is 45.4 Å². The molecule has 0 spiro atoms. The van der Waals surface area contributed by atoms with Crippen LogP contribution in [0.4, 0.5) is 0 Å². The summed E-state index contributed by atoms with van der Waals surface area (Å²) in [7, 11) is 0. The lowest BCUT2D eigenvalue weighted by Gasteiger charge is -2.07. The monoisotopic (exact) mass is 287 g/mol. The average Bonchev–Trinajstić information content (AvgIpc) is 2.49. The highest BCUT2D eigenvalue weighted by atomic mass is 35.5. The summed E-state index contributed by atoms with van der Waals surface area (Å²) in [5.41, 5.74) is 3.52. The topological polar surface area (TPSA) is 12.9 Å². The van der Waals surface area contributed by atoms with Gasteiger partial charge in [0.1, 0.15) is 5.15 Å². The third-order valence-electron chi connectivity index (χ3n) is 3.57. The molecule has 0 saturated carbocycles. The van der Waals surface area contributed by atoms with Crippen LogP contribution in [0.3, 0.4) is 0 Å². The van der Waals surface area contributed by atoms with Crippen LogP contribution in [0.25, 0.3) is 11.1 Å². The Hall–Kier alpha value is -1.34. The zero-order valence-electron chi connectivity index (χ0n) is 12.1. The largest absolute Gasteiger partial charge is 0.244 e. The number of aryl methyl sites for hydroxylation is 1. The van der Waals surface area contributed by atoms with Gasteiger partial charge in [-0.05, 0) is 30.0 Å². The molecular formula is C18H22ClN. The van der Waals surface area contributed by atoms with Crippen molar-refractivity contribution in [1.29, 1.82) is 0 Å². The van der Waals surface area contributed by atoms with Crippen LogP contribution >= 0.6 is 11.6 Å². The standard InChI is InChI=1S/C18H22ClN/c1-2-3-4-5-7-12-16-13-17(14-20-18(16)19)15-10-8-6-9-11-15/h6,8-11,13-14H,2-5,7,12H2,1H3. The SMILES string of the molecule is CCCCCCCc1cc(-c2ccccc2)cnc1Cl. The summed E-state index contributed by atoms with van der Waals surface area (Å²) in [6.07, 6.45) is 9.29. The van der Waals surface area contributed by atoms with Crippen LogP contribution in [0, 0.1) is 0 Å². The van der Waals surface area contributed by atoms with Gasteiger partial charge < -0.3 is 0 Å². The molecule has 0 aliphatic carbocycles. The molecule has 1 aromatic carbocycles. The average molecular weight is 288 g/mol. The maximum atomic E-state index is 6.21. The van der Waals surface area contributed by atoms with E-state index in [1.165, 1.54) is 43.2 Å². The molecule has 20 heavy (non-hydrogen) atoms. The van der Waals surface area contributed by atoms with Gasteiger partial charge >= 0.3 is 0 Å². The molecule has 2 rings (SSSR count). The van der Waals surface area contributed by atoms with E-state index in [2.05, 4.69) is 30.1 Å². The molecule has 0 bridgehead atoms. The van der Waals surface area contributed by atoms with Gasteiger partial charge in [0.15, 0.2) is 0 Å². The van der Waals surface area contributed by atoms with Crippen molar-refractivity contribution in [1.82, 2.24) is 4.98 Å².